The fourth-order valence-electron chi connectivity index (χ4n) is 3.00. The summed E-state index contributed by atoms with van der Waals surface area (Å²) in [6.45, 7) is 4.83. The highest BCUT2D eigenvalue weighted by Gasteiger charge is 2.39. The quantitative estimate of drug-likeness (QED) is 0.891. The molecule has 0 aliphatic carbocycles. The number of piperidine rings is 1. The molecule has 2 amide bonds. The number of carbonyl (C=O) groups excluding carboxylic acids is 2. The van der Waals surface area contributed by atoms with E-state index in [2.05, 4.69) is 5.32 Å². The summed E-state index contributed by atoms with van der Waals surface area (Å²) in [5, 5.41) is 2.83. The van der Waals surface area contributed by atoms with Crippen LogP contribution in [0.1, 0.15) is 26.7 Å². The molecule has 0 unspecified atom stereocenters. The molecule has 2 fully saturated rings. The molecule has 5 nitrogen and oxygen atoms in total. The number of nitrogens with one attached hydrogen (secondary N) is 1. The second-order valence-corrected chi connectivity index (χ2v) is 8.56. The third kappa shape index (κ3) is 4.08. The third-order valence-corrected chi connectivity index (χ3v) is 6.05. The lowest BCUT2D eigenvalue weighted by Gasteiger charge is -2.38. The topological polar surface area (TPSA) is 58.6 Å². The van der Waals surface area contributed by atoms with E-state index < -0.39 is 10.8 Å². The van der Waals surface area contributed by atoms with Gasteiger partial charge >= 0.3 is 0 Å². The van der Waals surface area contributed by atoms with Crippen molar-refractivity contribution in [3.63, 3.8) is 0 Å². The van der Waals surface area contributed by atoms with Crippen LogP contribution in [0, 0.1) is 5.82 Å². The highest BCUT2D eigenvalue weighted by atomic mass is 32.2. The van der Waals surface area contributed by atoms with Gasteiger partial charge in [-0.15, -0.1) is 11.8 Å². The highest BCUT2D eigenvalue weighted by molar-refractivity contribution is 8.01. The Balaban J connectivity index is 1.51. The Morgan fingerprint density at radius 1 is 1.32 bits per heavy atom. The number of thioether (sulfide) groups is 1. The first-order valence-electron chi connectivity index (χ1n) is 8.52. The maximum atomic E-state index is 13.7. The number of hydrogen-bond donors (Lipinski definition) is 1. The van der Waals surface area contributed by atoms with E-state index in [9.17, 15) is 14.0 Å². The van der Waals surface area contributed by atoms with Crippen molar-refractivity contribution in [2.75, 3.05) is 18.8 Å². The standard InChI is InChI=1S/C18H23FN2O3S/c1-18(2)17(23)20-14(11-25-18)16(22)21-9-7-12(8-10-21)24-15-6-4-3-5-13(15)19/h3-6,12,14H,7-11H2,1-2H3,(H,20,23)/t14-/m0/s1. The molecule has 0 spiro atoms. The number of halogens is 1. The summed E-state index contributed by atoms with van der Waals surface area (Å²) in [6, 6.07) is 5.89. The fraction of sp³-hybridized carbons (Fsp3) is 0.556. The summed E-state index contributed by atoms with van der Waals surface area (Å²) in [5.74, 6) is 0.333. The largest absolute Gasteiger partial charge is 0.487 e. The van der Waals surface area contributed by atoms with Gasteiger partial charge in [0.15, 0.2) is 11.6 Å². The number of nitrogens with zero attached hydrogens (tertiary/aromatic N) is 1. The van der Waals surface area contributed by atoms with Crippen LogP contribution in [-0.4, -0.2) is 52.4 Å². The predicted molar refractivity (Wildman–Crippen MR) is 95.1 cm³/mol. The molecule has 0 aromatic heterocycles. The van der Waals surface area contributed by atoms with Crippen molar-refractivity contribution in [1.29, 1.82) is 0 Å². The molecule has 1 atom stereocenters. The number of amides is 2. The molecular formula is C18H23FN2O3S. The average molecular weight is 366 g/mol. The van der Waals surface area contributed by atoms with E-state index in [1.807, 2.05) is 13.8 Å². The average Bonchev–Trinajstić information content (AvgIpc) is 2.59. The van der Waals surface area contributed by atoms with Gasteiger partial charge in [-0.2, -0.15) is 0 Å². The summed E-state index contributed by atoms with van der Waals surface area (Å²) in [6.07, 6.45) is 1.20. The van der Waals surface area contributed by atoms with Gasteiger partial charge < -0.3 is 15.0 Å². The van der Waals surface area contributed by atoms with Gasteiger partial charge in [-0.05, 0) is 26.0 Å². The second-order valence-electron chi connectivity index (χ2n) is 6.92. The number of benzene rings is 1. The van der Waals surface area contributed by atoms with Gasteiger partial charge in [0.25, 0.3) is 0 Å². The van der Waals surface area contributed by atoms with Crippen LogP contribution >= 0.6 is 11.8 Å². The van der Waals surface area contributed by atoms with E-state index in [4.69, 9.17) is 4.74 Å². The van der Waals surface area contributed by atoms with Crippen LogP contribution in [-0.2, 0) is 9.59 Å². The summed E-state index contributed by atoms with van der Waals surface area (Å²) in [4.78, 5) is 26.4. The number of likely N-dealkylation sites (tertiary alicyclic amines) is 1. The number of hydrogen-bond acceptors (Lipinski definition) is 4. The predicted octanol–water partition coefficient (Wildman–Crippen LogP) is 2.21. The first kappa shape index (κ1) is 18.0. The van der Waals surface area contributed by atoms with Crippen LogP contribution in [0.3, 0.4) is 0 Å². The van der Waals surface area contributed by atoms with Crippen molar-refractivity contribution in [2.24, 2.45) is 0 Å². The van der Waals surface area contributed by atoms with Gasteiger partial charge in [0.2, 0.25) is 11.8 Å². The summed E-state index contributed by atoms with van der Waals surface area (Å²) in [5.41, 5.74) is 0. The zero-order valence-corrected chi connectivity index (χ0v) is 15.3. The minimum atomic E-state index is -0.489. The molecule has 2 aliphatic heterocycles. The first-order chi connectivity index (χ1) is 11.9. The molecule has 2 saturated heterocycles. The maximum Gasteiger partial charge on any atom is 0.246 e. The second kappa shape index (κ2) is 7.23. The number of para-hydroxylation sites is 1. The molecule has 2 heterocycles. The van der Waals surface area contributed by atoms with Gasteiger partial charge in [0.05, 0.1) is 4.75 Å². The Morgan fingerprint density at radius 3 is 2.64 bits per heavy atom. The molecule has 1 aromatic carbocycles. The van der Waals surface area contributed by atoms with Gasteiger partial charge in [-0.3, -0.25) is 9.59 Å². The monoisotopic (exact) mass is 366 g/mol. The van der Waals surface area contributed by atoms with Gasteiger partial charge in [0.1, 0.15) is 12.1 Å². The zero-order valence-electron chi connectivity index (χ0n) is 14.5. The minimum Gasteiger partial charge on any atom is -0.487 e. The first-order valence-corrected chi connectivity index (χ1v) is 9.50. The van der Waals surface area contributed by atoms with E-state index >= 15 is 0 Å². The van der Waals surface area contributed by atoms with E-state index in [0.29, 0.717) is 31.7 Å². The van der Waals surface area contributed by atoms with Crippen LogP contribution in [0.25, 0.3) is 0 Å². The van der Waals surface area contributed by atoms with Crippen LogP contribution in [0.4, 0.5) is 4.39 Å². The van der Waals surface area contributed by atoms with Gasteiger partial charge in [-0.25, -0.2) is 4.39 Å². The molecule has 1 aromatic rings. The van der Waals surface area contributed by atoms with Crippen LogP contribution in [0.2, 0.25) is 0 Å². The molecule has 2 aliphatic rings. The Labute approximate surface area is 151 Å². The number of rotatable bonds is 3. The lowest BCUT2D eigenvalue weighted by molar-refractivity contribution is -0.138. The van der Waals surface area contributed by atoms with Crippen LogP contribution in [0.5, 0.6) is 5.75 Å². The third-order valence-electron chi connectivity index (χ3n) is 4.65. The molecule has 3 rings (SSSR count). The molecule has 25 heavy (non-hydrogen) atoms. The summed E-state index contributed by atoms with van der Waals surface area (Å²) in [7, 11) is 0. The van der Waals surface area contributed by atoms with Crippen molar-refractivity contribution < 1.29 is 18.7 Å². The summed E-state index contributed by atoms with van der Waals surface area (Å²) < 4.78 is 18.9. The van der Waals surface area contributed by atoms with Gasteiger partial charge in [-0.1, -0.05) is 12.1 Å². The molecule has 0 bridgehead atoms. The van der Waals surface area contributed by atoms with Crippen LogP contribution < -0.4 is 10.1 Å². The molecule has 0 radical (unpaired) electrons. The fourth-order valence-corrected chi connectivity index (χ4v) is 4.00. The Kier molecular flexibility index (Phi) is 5.22. The minimum absolute atomic E-state index is 0.0410. The normalized spacial score (nSPS) is 23.9. The lowest BCUT2D eigenvalue weighted by atomic mass is 10.1. The van der Waals surface area contributed by atoms with Crippen molar-refractivity contribution in [2.45, 2.75) is 43.6 Å². The van der Waals surface area contributed by atoms with Crippen LogP contribution in [0.15, 0.2) is 24.3 Å². The highest BCUT2D eigenvalue weighted by Crippen LogP contribution is 2.30. The van der Waals surface area contributed by atoms with E-state index in [-0.39, 0.29) is 29.5 Å². The van der Waals surface area contributed by atoms with Gasteiger partial charge in [0, 0.05) is 31.7 Å². The Bertz CT molecular complexity index is 659. The van der Waals surface area contributed by atoms with Crippen molar-refractivity contribution >= 4 is 23.6 Å². The molecule has 1 N–H and O–H groups in total. The summed E-state index contributed by atoms with van der Waals surface area (Å²) >= 11 is 1.51. The van der Waals surface area contributed by atoms with Crippen molar-refractivity contribution in [1.82, 2.24) is 10.2 Å². The van der Waals surface area contributed by atoms with E-state index in [1.165, 1.54) is 17.8 Å². The van der Waals surface area contributed by atoms with E-state index in [1.54, 1.807) is 23.1 Å². The Hall–Kier alpha value is -1.76. The molecule has 0 saturated carbocycles. The van der Waals surface area contributed by atoms with E-state index in [0.717, 1.165) is 0 Å². The molecule has 7 heteroatoms. The zero-order chi connectivity index (χ0) is 18.0. The smallest absolute Gasteiger partial charge is 0.246 e. The van der Waals surface area contributed by atoms with Crippen molar-refractivity contribution in [3.8, 4) is 5.75 Å². The number of ether oxygens (including phenoxy) is 1. The lowest BCUT2D eigenvalue weighted by Crippen LogP contribution is -2.58. The molecule has 136 valence electrons. The Morgan fingerprint density at radius 2 is 2.00 bits per heavy atom. The SMILES string of the molecule is CC1(C)SC[C@@H](C(=O)N2CCC(Oc3ccccc3F)CC2)NC1=O. The number of carbonyl (C=O) groups is 2. The van der Waals surface area contributed by atoms with Crippen molar-refractivity contribution in [3.05, 3.63) is 30.1 Å². The molecular weight excluding hydrogens is 343 g/mol. The maximum absolute atomic E-state index is 13.7.